The third-order valence-corrected chi connectivity index (χ3v) is 4.86. The number of ether oxygens (including phenoxy) is 1. The number of ketones is 1. The molecule has 0 amide bonds. The van der Waals surface area contributed by atoms with Crippen molar-refractivity contribution in [3.63, 3.8) is 0 Å². The van der Waals surface area contributed by atoms with Crippen LogP contribution in [0.3, 0.4) is 0 Å². The van der Waals surface area contributed by atoms with E-state index in [9.17, 15) is 9.18 Å². The third kappa shape index (κ3) is 3.01. The molecule has 1 aliphatic rings. The number of hydrogen-bond donors (Lipinski definition) is 0. The van der Waals surface area contributed by atoms with Crippen LogP contribution in [-0.2, 0) is 19.5 Å². The molecule has 0 aliphatic carbocycles. The molecule has 0 N–H and O–H groups in total. The predicted molar refractivity (Wildman–Crippen MR) is 95.7 cm³/mol. The Labute approximate surface area is 151 Å². The number of carbonyl (C=O) groups excluding carboxylic acids is 1. The molecule has 3 aromatic rings. The monoisotopic (exact) mass is 351 g/mol. The average Bonchev–Trinajstić information content (AvgIpc) is 3.26. The van der Waals surface area contributed by atoms with Crippen molar-refractivity contribution in [3.05, 3.63) is 71.9 Å². The maximum absolute atomic E-state index is 13.1. The minimum absolute atomic E-state index is 0.0171. The van der Waals surface area contributed by atoms with Crippen LogP contribution in [0.2, 0.25) is 0 Å². The molecule has 4 nitrogen and oxygen atoms in total. The van der Waals surface area contributed by atoms with Crippen LogP contribution in [0.4, 0.5) is 4.39 Å². The van der Waals surface area contributed by atoms with E-state index in [0.717, 1.165) is 42.2 Å². The number of rotatable bonds is 5. The van der Waals surface area contributed by atoms with Gasteiger partial charge >= 0.3 is 0 Å². The number of benzene rings is 2. The van der Waals surface area contributed by atoms with Crippen molar-refractivity contribution in [1.29, 1.82) is 0 Å². The fourth-order valence-corrected chi connectivity index (χ4v) is 3.52. The molecule has 2 aromatic carbocycles. The number of carbonyl (C=O) groups is 1. The van der Waals surface area contributed by atoms with E-state index in [1.807, 2.05) is 35.0 Å². The van der Waals surface area contributed by atoms with E-state index >= 15 is 0 Å². The largest absolute Gasteiger partial charge is 0.497 e. The molecule has 0 unspecified atom stereocenters. The molecule has 1 aliphatic heterocycles. The van der Waals surface area contributed by atoms with Gasteiger partial charge in [0.2, 0.25) is 5.78 Å². The lowest BCUT2D eigenvalue weighted by Gasteiger charge is -2.01. The van der Waals surface area contributed by atoms with E-state index in [1.54, 1.807) is 19.2 Å². The van der Waals surface area contributed by atoms with Gasteiger partial charge in [-0.3, -0.25) is 4.79 Å². The number of halogens is 1. The quantitative estimate of drug-likeness (QED) is 0.521. The van der Waals surface area contributed by atoms with Crippen LogP contribution in [0.1, 0.15) is 22.6 Å². The van der Waals surface area contributed by atoms with Gasteiger partial charge in [-0.25, -0.2) is 13.5 Å². The first-order valence-electron chi connectivity index (χ1n) is 8.71. The lowest BCUT2D eigenvalue weighted by Crippen LogP contribution is -2.40. The smallest absolute Gasteiger partial charge is 0.257 e. The number of Topliss-reactive ketones (excluding diaryl/α,β-unsaturated/α-hetero) is 1. The molecule has 2 heterocycles. The van der Waals surface area contributed by atoms with Crippen molar-refractivity contribution in [1.82, 2.24) is 4.57 Å². The van der Waals surface area contributed by atoms with E-state index in [2.05, 4.69) is 4.57 Å². The van der Waals surface area contributed by atoms with Crippen LogP contribution in [0.5, 0.6) is 5.75 Å². The fraction of sp³-hybridized carbons (Fsp3) is 0.238. The molecule has 0 saturated carbocycles. The van der Waals surface area contributed by atoms with Crippen LogP contribution < -0.4 is 9.30 Å². The zero-order chi connectivity index (χ0) is 18.1. The minimum Gasteiger partial charge on any atom is -0.497 e. The first-order chi connectivity index (χ1) is 12.7. The normalized spacial score (nSPS) is 12.8. The number of hydrogen-bond acceptors (Lipinski definition) is 2. The van der Waals surface area contributed by atoms with E-state index in [0.29, 0.717) is 5.56 Å². The van der Waals surface area contributed by atoms with Gasteiger partial charge in [-0.15, -0.1) is 0 Å². The van der Waals surface area contributed by atoms with Crippen molar-refractivity contribution < 1.29 is 18.5 Å². The Kier molecular flexibility index (Phi) is 4.29. The van der Waals surface area contributed by atoms with Crippen LogP contribution in [0.15, 0.2) is 54.7 Å². The Morgan fingerprint density at radius 1 is 1.15 bits per heavy atom. The Hall–Kier alpha value is -2.95. The maximum atomic E-state index is 13.1. The summed E-state index contributed by atoms with van der Waals surface area (Å²) in [6.45, 7) is 1.21. The summed E-state index contributed by atoms with van der Waals surface area (Å²) < 4.78 is 22.6. The van der Waals surface area contributed by atoms with E-state index in [4.69, 9.17) is 4.74 Å². The SMILES string of the molecule is COc1ccc(-c2c[n+](CC(=O)c3ccc(F)cc3)c3n2CCC3)cc1. The summed E-state index contributed by atoms with van der Waals surface area (Å²) in [5, 5.41) is 0. The molecule has 0 saturated heterocycles. The van der Waals surface area contributed by atoms with E-state index in [1.165, 1.54) is 12.1 Å². The van der Waals surface area contributed by atoms with Gasteiger partial charge < -0.3 is 4.74 Å². The molecule has 0 radical (unpaired) electrons. The molecule has 5 heteroatoms. The Bertz CT molecular complexity index is 943. The van der Waals surface area contributed by atoms with Gasteiger partial charge in [0, 0.05) is 11.1 Å². The van der Waals surface area contributed by atoms with E-state index in [-0.39, 0.29) is 18.1 Å². The highest BCUT2D eigenvalue weighted by atomic mass is 19.1. The summed E-state index contributed by atoms with van der Waals surface area (Å²) in [6.07, 6.45) is 4.06. The Morgan fingerprint density at radius 3 is 2.58 bits per heavy atom. The summed E-state index contributed by atoms with van der Waals surface area (Å²) >= 11 is 0. The second-order valence-electron chi connectivity index (χ2n) is 6.47. The number of methoxy groups -OCH3 is 1. The van der Waals surface area contributed by atoms with Crippen molar-refractivity contribution in [2.45, 2.75) is 25.9 Å². The Balaban J connectivity index is 1.65. The van der Waals surface area contributed by atoms with Crippen molar-refractivity contribution in [2.75, 3.05) is 7.11 Å². The highest BCUT2D eigenvalue weighted by Gasteiger charge is 2.29. The van der Waals surface area contributed by atoms with Gasteiger partial charge in [-0.1, -0.05) is 0 Å². The second-order valence-corrected chi connectivity index (χ2v) is 6.47. The molecular formula is C21H20FN2O2+. The zero-order valence-corrected chi connectivity index (χ0v) is 14.6. The molecule has 0 fully saturated rings. The summed E-state index contributed by atoms with van der Waals surface area (Å²) in [6, 6.07) is 13.7. The summed E-state index contributed by atoms with van der Waals surface area (Å²) in [5.74, 6) is 1.63. The van der Waals surface area contributed by atoms with Gasteiger partial charge in [-0.2, -0.15) is 0 Å². The maximum Gasteiger partial charge on any atom is 0.257 e. The Morgan fingerprint density at radius 2 is 1.88 bits per heavy atom. The van der Waals surface area contributed by atoms with Crippen LogP contribution >= 0.6 is 0 Å². The average molecular weight is 351 g/mol. The topological polar surface area (TPSA) is 35.1 Å². The molecular weight excluding hydrogens is 331 g/mol. The molecule has 4 rings (SSSR count). The lowest BCUT2D eigenvalue weighted by molar-refractivity contribution is -0.689. The highest BCUT2D eigenvalue weighted by Crippen LogP contribution is 2.26. The van der Waals surface area contributed by atoms with Crippen molar-refractivity contribution in [3.8, 4) is 17.0 Å². The van der Waals surface area contributed by atoms with Crippen LogP contribution in [0, 0.1) is 5.82 Å². The van der Waals surface area contributed by atoms with E-state index < -0.39 is 0 Å². The molecule has 0 atom stereocenters. The first-order valence-corrected chi connectivity index (χ1v) is 8.71. The van der Waals surface area contributed by atoms with Crippen molar-refractivity contribution in [2.24, 2.45) is 0 Å². The molecule has 26 heavy (non-hydrogen) atoms. The van der Waals surface area contributed by atoms with Crippen LogP contribution in [0.25, 0.3) is 11.3 Å². The molecule has 132 valence electrons. The summed E-state index contributed by atoms with van der Waals surface area (Å²) in [5.41, 5.74) is 2.73. The van der Waals surface area contributed by atoms with Crippen LogP contribution in [-0.4, -0.2) is 17.5 Å². The number of nitrogens with zero attached hydrogens (tertiary/aromatic N) is 2. The predicted octanol–water partition coefficient (Wildman–Crippen LogP) is 3.42. The van der Waals surface area contributed by atoms with Gasteiger partial charge in [0.05, 0.1) is 20.1 Å². The van der Waals surface area contributed by atoms with Crippen molar-refractivity contribution >= 4 is 5.78 Å². The number of aromatic nitrogens is 2. The molecule has 0 bridgehead atoms. The minimum atomic E-state index is -0.333. The first kappa shape index (κ1) is 16.5. The number of fused-ring (bicyclic) bond motifs is 1. The second kappa shape index (κ2) is 6.75. The van der Waals surface area contributed by atoms with Gasteiger partial charge in [0.15, 0.2) is 12.2 Å². The fourth-order valence-electron chi connectivity index (χ4n) is 3.52. The molecule has 0 spiro atoms. The summed E-state index contributed by atoms with van der Waals surface area (Å²) in [4.78, 5) is 12.6. The van der Waals surface area contributed by atoms with Gasteiger partial charge in [0.1, 0.15) is 17.8 Å². The summed E-state index contributed by atoms with van der Waals surface area (Å²) in [7, 11) is 1.65. The van der Waals surface area contributed by atoms with Gasteiger partial charge in [-0.05, 0) is 55.0 Å². The lowest BCUT2D eigenvalue weighted by atomic mass is 10.1. The van der Waals surface area contributed by atoms with Gasteiger partial charge in [0.25, 0.3) is 5.82 Å². The number of imidazole rings is 1. The standard InChI is InChI=1S/C21H20FN2O2/c1-26-18-10-6-15(7-11-18)19-13-23(21-3-2-12-24(19)21)14-20(25)16-4-8-17(22)9-5-16/h4-11,13H,2-3,12,14H2,1H3/q+1. The highest BCUT2D eigenvalue weighted by molar-refractivity contribution is 5.95. The molecule has 1 aromatic heterocycles. The zero-order valence-electron chi connectivity index (χ0n) is 14.6. The third-order valence-electron chi connectivity index (χ3n) is 4.86.